The first-order valence-corrected chi connectivity index (χ1v) is 6.61. The number of aryl methyl sites for hydroxylation is 1. The molecule has 2 aromatic rings. The van der Waals surface area contributed by atoms with Crippen LogP contribution in [0.1, 0.15) is 18.1 Å². The maximum absolute atomic E-state index is 9.38. The highest BCUT2D eigenvalue weighted by Crippen LogP contribution is 2.12. The second-order valence-electron chi connectivity index (χ2n) is 4.55. The van der Waals surface area contributed by atoms with E-state index in [2.05, 4.69) is 29.4 Å². The van der Waals surface area contributed by atoms with Gasteiger partial charge in [0.25, 0.3) is 0 Å². The lowest BCUT2D eigenvalue weighted by atomic mass is 10.1. The summed E-state index contributed by atoms with van der Waals surface area (Å²) in [5.74, 6) is 0.599. The number of benzene rings is 2. The highest BCUT2D eigenvalue weighted by molar-refractivity contribution is 5.92. The van der Waals surface area contributed by atoms with Gasteiger partial charge in [0.05, 0.1) is 6.54 Å². The van der Waals surface area contributed by atoms with Crippen molar-refractivity contribution in [2.45, 2.75) is 19.9 Å². The van der Waals surface area contributed by atoms with Crippen LogP contribution in [0.25, 0.3) is 0 Å². The van der Waals surface area contributed by atoms with E-state index < -0.39 is 0 Å². The molecule has 0 amide bonds. The Labute approximate surface area is 119 Å². The molecule has 0 saturated carbocycles. The third-order valence-electron chi connectivity index (χ3n) is 2.95. The zero-order valence-corrected chi connectivity index (χ0v) is 11.5. The van der Waals surface area contributed by atoms with Gasteiger partial charge in [0.2, 0.25) is 0 Å². The predicted molar refractivity (Wildman–Crippen MR) is 82.9 cm³/mol. The van der Waals surface area contributed by atoms with Crippen molar-refractivity contribution in [1.82, 2.24) is 0 Å². The molecule has 0 aromatic heterocycles. The van der Waals surface area contributed by atoms with Crippen LogP contribution in [0.2, 0.25) is 0 Å². The van der Waals surface area contributed by atoms with Crippen LogP contribution in [-0.4, -0.2) is 11.1 Å². The topological polar surface area (TPSA) is 70.6 Å². The molecule has 104 valence electrons. The van der Waals surface area contributed by atoms with Gasteiger partial charge in [-0.25, -0.2) is 4.99 Å². The number of hydrogen-bond acceptors (Lipinski definition) is 2. The maximum atomic E-state index is 9.38. The molecule has 4 nitrogen and oxygen atoms in total. The average molecular weight is 269 g/mol. The Hall–Kier alpha value is -2.49. The SMILES string of the molecule is CCc1cccc(NC(N)=NCc2cccc(O)c2)c1. The summed E-state index contributed by atoms with van der Waals surface area (Å²) in [5.41, 5.74) is 8.95. The van der Waals surface area contributed by atoms with Crippen molar-refractivity contribution in [3.05, 3.63) is 59.7 Å². The molecule has 0 aliphatic heterocycles. The Morgan fingerprint density at radius 3 is 2.65 bits per heavy atom. The quantitative estimate of drug-likeness (QED) is 0.590. The van der Waals surface area contributed by atoms with E-state index in [1.54, 1.807) is 18.2 Å². The summed E-state index contributed by atoms with van der Waals surface area (Å²) >= 11 is 0. The maximum Gasteiger partial charge on any atom is 0.193 e. The third kappa shape index (κ3) is 4.02. The summed E-state index contributed by atoms with van der Waals surface area (Å²) in [6, 6.07) is 15.1. The first-order valence-electron chi connectivity index (χ1n) is 6.61. The number of phenols is 1. The van der Waals surface area contributed by atoms with Crippen LogP contribution in [0.4, 0.5) is 5.69 Å². The Morgan fingerprint density at radius 1 is 1.15 bits per heavy atom. The molecule has 0 atom stereocenters. The minimum Gasteiger partial charge on any atom is -0.508 e. The summed E-state index contributed by atoms with van der Waals surface area (Å²) in [6.07, 6.45) is 0.982. The smallest absolute Gasteiger partial charge is 0.193 e. The van der Waals surface area contributed by atoms with Crippen LogP contribution in [0.3, 0.4) is 0 Å². The number of rotatable bonds is 4. The normalized spacial score (nSPS) is 11.3. The molecule has 0 bridgehead atoms. The molecule has 2 aromatic carbocycles. The molecule has 0 aliphatic rings. The summed E-state index contributed by atoms with van der Waals surface area (Å²) in [4.78, 5) is 4.26. The molecule has 0 aliphatic carbocycles. The van der Waals surface area contributed by atoms with Crippen molar-refractivity contribution >= 4 is 11.6 Å². The zero-order chi connectivity index (χ0) is 14.4. The lowest BCUT2D eigenvalue weighted by Gasteiger charge is -2.07. The van der Waals surface area contributed by atoms with Gasteiger partial charge in [-0.1, -0.05) is 31.2 Å². The van der Waals surface area contributed by atoms with Crippen LogP contribution in [0.15, 0.2) is 53.5 Å². The fourth-order valence-electron chi connectivity index (χ4n) is 1.89. The van der Waals surface area contributed by atoms with Crippen molar-refractivity contribution in [1.29, 1.82) is 0 Å². The van der Waals surface area contributed by atoms with Crippen molar-refractivity contribution in [3.63, 3.8) is 0 Å². The molecule has 0 heterocycles. The average Bonchev–Trinajstić information content (AvgIpc) is 2.45. The number of aromatic hydroxyl groups is 1. The molecule has 4 heteroatoms. The summed E-state index contributed by atoms with van der Waals surface area (Å²) in [7, 11) is 0. The Morgan fingerprint density at radius 2 is 1.90 bits per heavy atom. The Kier molecular flexibility index (Phi) is 4.60. The fourth-order valence-corrected chi connectivity index (χ4v) is 1.89. The molecule has 0 fully saturated rings. The van der Waals surface area contributed by atoms with Gasteiger partial charge < -0.3 is 16.2 Å². The molecule has 0 unspecified atom stereocenters. The van der Waals surface area contributed by atoms with Crippen LogP contribution in [0, 0.1) is 0 Å². The number of guanidine groups is 1. The second-order valence-corrected chi connectivity index (χ2v) is 4.55. The van der Waals surface area contributed by atoms with Gasteiger partial charge in [-0.2, -0.15) is 0 Å². The van der Waals surface area contributed by atoms with E-state index in [0.29, 0.717) is 12.5 Å². The zero-order valence-electron chi connectivity index (χ0n) is 11.5. The van der Waals surface area contributed by atoms with E-state index in [1.165, 1.54) is 5.56 Å². The monoisotopic (exact) mass is 269 g/mol. The molecular formula is C16H19N3O. The van der Waals surface area contributed by atoms with E-state index in [9.17, 15) is 5.11 Å². The van der Waals surface area contributed by atoms with Crippen molar-refractivity contribution < 1.29 is 5.11 Å². The van der Waals surface area contributed by atoms with Crippen LogP contribution >= 0.6 is 0 Å². The third-order valence-corrected chi connectivity index (χ3v) is 2.95. The van der Waals surface area contributed by atoms with E-state index in [0.717, 1.165) is 17.7 Å². The highest BCUT2D eigenvalue weighted by Gasteiger charge is 1.98. The molecule has 0 saturated heterocycles. The number of anilines is 1. The van der Waals surface area contributed by atoms with Crippen LogP contribution in [-0.2, 0) is 13.0 Å². The lowest BCUT2D eigenvalue weighted by Crippen LogP contribution is -2.22. The first kappa shape index (κ1) is 13.9. The first-order chi connectivity index (χ1) is 9.67. The van der Waals surface area contributed by atoms with E-state index in [4.69, 9.17) is 5.73 Å². The number of nitrogens with zero attached hydrogens (tertiary/aromatic N) is 1. The Bertz CT molecular complexity index is 608. The van der Waals surface area contributed by atoms with Crippen molar-refractivity contribution in [3.8, 4) is 5.75 Å². The van der Waals surface area contributed by atoms with Gasteiger partial charge in [0.15, 0.2) is 5.96 Å². The summed E-state index contributed by atoms with van der Waals surface area (Å²) in [5, 5.41) is 12.4. The van der Waals surface area contributed by atoms with Crippen LogP contribution < -0.4 is 11.1 Å². The molecule has 0 radical (unpaired) electrons. The van der Waals surface area contributed by atoms with Crippen LogP contribution in [0.5, 0.6) is 5.75 Å². The number of nitrogens with two attached hydrogens (primary N) is 1. The Balaban J connectivity index is 2.00. The molecule has 2 rings (SSSR count). The fraction of sp³-hybridized carbons (Fsp3) is 0.188. The number of hydrogen-bond donors (Lipinski definition) is 3. The van der Waals surface area contributed by atoms with Gasteiger partial charge in [-0.05, 0) is 41.8 Å². The second kappa shape index (κ2) is 6.61. The highest BCUT2D eigenvalue weighted by atomic mass is 16.3. The van der Waals surface area contributed by atoms with E-state index >= 15 is 0 Å². The number of aliphatic imine (C=N–C) groups is 1. The predicted octanol–water partition coefficient (Wildman–Crippen LogP) is 2.88. The molecule has 4 N–H and O–H groups in total. The molecular weight excluding hydrogens is 250 g/mol. The summed E-state index contributed by atoms with van der Waals surface area (Å²) < 4.78 is 0. The van der Waals surface area contributed by atoms with Gasteiger partial charge >= 0.3 is 0 Å². The number of nitrogens with one attached hydrogen (secondary N) is 1. The van der Waals surface area contributed by atoms with Gasteiger partial charge in [-0.15, -0.1) is 0 Å². The standard InChI is InChI=1S/C16H19N3O/c1-2-12-5-3-7-14(9-12)19-16(17)18-11-13-6-4-8-15(20)10-13/h3-10,20H,2,11H2,1H3,(H3,17,18,19). The summed E-state index contributed by atoms with van der Waals surface area (Å²) in [6.45, 7) is 2.54. The van der Waals surface area contributed by atoms with Crippen molar-refractivity contribution in [2.24, 2.45) is 10.7 Å². The molecule has 20 heavy (non-hydrogen) atoms. The minimum absolute atomic E-state index is 0.236. The van der Waals surface area contributed by atoms with Gasteiger partial charge in [0.1, 0.15) is 5.75 Å². The lowest BCUT2D eigenvalue weighted by molar-refractivity contribution is 0.474. The molecule has 0 spiro atoms. The largest absolute Gasteiger partial charge is 0.508 e. The minimum atomic E-state index is 0.236. The van der Waals surface area contributed by atoms with Gasteiger partial charge in [0, 0.05) is 5.69 Å². The van der Waals surface area contributed by atoms with Gasteiger partial charge in [-0.3, -0.25) is 0 Å². The van der Waals surface area contributed by atoms with E-state index in [1.807, 2.05) is 18.2 Å². The van der Waals surface area contributed by atoms with E-state index in [-0.39, 0.29) is 5.75 Å². The van der Waals surface area contributed by atoms with Crippen molar-refractivity contribution in [2.75, 3.05) is 5.32 Å². The number of phenolic OH excluding ortho intramolecular Hbond substituents is 1.